The number of hydrogen-bond acceptors (Lipinski definition) is 4. The fourth-order valence-corrected chi connectivity index (χ4v) is 2.93. The highest BCUT2D eigenvalue weighted by atomic mass is 15.3. The van der Waals surface area contributed by atoms with Gasteiger partial charge in [-0.2, -0.15) is 5.10 Å². The van der Waals surface area contributed by atoms with Crippen molar-refractivity contribution < 1.29 is 0 Å². The third-order valence-electron chi connectivity index (χ3n) is 3.85. The second kappa shape index (κ2) is 4.23. The fraction of sp³-hybridized carbons (Fsp3) is 0.615. The maximum absolute atomic E-state index is 4.50. The summed E-state index contributed by atoms with van der Waals surface area (Å²) in [5, 5.41) is 5.35. The molecule has 2 aromatic rings. The van der Waals surface area contributed by atoms with Crippen molar-refractivity contribution in [3.63, 3.8) is 0 Å². The molecule has 1 aliphatic heterocycles. The maximum atomic E-state index is 4.50. The molecule has 0 aliphatic carbocycles. The van der Waals surface area contributed by atoms with E-state index >= 15 is 0 Å². The first kappa shape index (κ1) is 11.4. The molecule has 1 aliphatic rings. The second-order valence-corrected chi connectivity index (χ2v) is 5.35. The number of aromatic nitrogens is 4. The van der Waals surface area contributed by atoms with Gasteiger partial charge in [-0.3, -0.25) is 4.68 Å². The van der Waals surface area contributed by atoms with Crippen LogP contribution >= 0.6 is 0 Å². The van der Waals surface area contributed by atoms with E-state index in [1.165, 1.54) is 12.8 Å². The Balaban J connectivity index is 2.08. The maximum Gasteiger partial charge on any atom is 0.163 e. The van der Waals surface area contributed by atoms with Crippen LogP contribution in [0.1, 0.15) is 26.7 Å². The molecule has 0 aromatic carbocycles. The summed E-state index contributed by atoms with van der Waals surface area (Å²) >= 11 is 0. The molecular formula is C13H19N5. The highest BCUT2D eigenvalue weighted by Crippen LogP contribution is 2.31. The molecule has 18 heavy (non-hydrogen) atoms. The largest absolute Gasteiger partial charge is 0.353 e. The minimum Gasteiger partial charge on any atom is -0.353 e. The highest BCUT2D eigenvalue weighted by molar-refractivity contribution is 5.86. The molecule has 3 heterocycles. The van der Waals surface area contributed by atoms with Crippen LogP contribution in [0.3, 0.4) is 0 Å². The zero-order valence-electron chi connectivity index (χ0n) is 11.2. The van der Waals surface area contributed by atoms with Gasteiger partial charge in [-0.05, 0) is 18.8 Å². The molecule has 5 heteroatoms. The lowest BCUT2D eigenvalue weighted by molar-refractivity contribution is 0.490. The zero-order valence-corrected chi connectivity index (χ0v) is 11.2. The topological polar surface area (TPSA) is 46.8 Å². The van der Waals surface area contributed by atoms with Gasteiger partial charge in [0.1, 0.15) is 12.1 Å². The molecule has 0 radical (unpaired) electrons. The SMILES string of the molecule is CC(C)[C@H]1CCCN1c1ncnc2c1cnn2C. The van der Waals surface area contributed by atoms with Crippen LogP contribution in [0.15, 0.2) is 12.5 Å². The van der Waals surface area contributed by atoms with Crippen molar-refractivity contribution >= 4 is 16.9 Å². The van der Waals surface area contributed by atoms with Crippen LogP contribution in [-0.4, -0.2) is 32.3 Å². The summed E-state index contributed by atoms with van der Waals surface area (Å²) in [6, 6.07) is 0.586. The zero-order chi connectivity index (χ0) is 12.7. The monoisotopic (exact) mass is 245 g/mol. The normalized spacial score (nSPS) is 20.2. The Bertz CT molecular complexity index is 560. The molecule has 0 bridgehead atoms. The molecule has 96 valence electrons. The minimum atomic E-state index is 0.586. The number of rotatable bonds is 2. The molecule has 2 aromatic heterocycles. The predicted octanol–water partition coefficient (Wildman–Crippen LogP) is 1.99. The van der Waals surface area contributed by atoms with Crippen molar-refractivity contribution in [2.24, 2.45) is 13.0 Å². The van der Waals surface area contributed by atoms with E-state index in [0.29, 0.717) is 12.0 Å². The predicted molar refractivity (Wildman–Crippen MR) is 71.5 cm³/mol. The van der Waals surface area contributed by atoms with Gasteiger partial charge in [0, 0.05) is 19.6 Å². The average Bonchev–Trinajstić information content (AvgIpc) is 2.96. The van der Waals surface area contributed by atoms with Crippen molar-refractivity contribution in [1.29, 1.82) is 0 Å². The van der Waals surface area contributed by atoms with Crippen LogP contribution in [0.4, 0.5) is 5.82 Å². The first-order valence-corrected chi connectivity index (χ1v) is 6.58. The van der Waals surface area contributed by atoms with Gasteiger partial charge in [0.15, 0.2) is 5.65 Å². The van der Waals surface area contributed by atoms with E-state index in [9.17, 15) is 0 Å². The van der Waals surface area contributed by atoms with Crippen molar-refractivity contribution in [3.8, 4) is 0 Å². The number of anilines is 1. The molecule has 0 N–H and O–H groups in total. The Morgan fingerprint density at radius 3 is 2.94 bits per heavy atom. The summed E-state index contributed by atoms with van der Waals surface area (Å²) in [6.45, 7) is 5.65. The molecule has 5 nitrogen and oxygen atoms in total. The van der Waals surface area contributed by atoms with Gasteiger partial charge in [0.05, 0.1) is 11.6 Å². The van der Waals surface area contributed by atoms with E-state index in [1.807, 2.05) is 13.2 Å². The third-order valence-corrected chi connectivity index (χ3v) is 3.85. The Labute approximate surface area is 107 Å². The van der Waals surface area contributed by atoms with E-state index in [1.54, 1.807) is 11.0 Å². The van der Waals surface area contributed by atoms with Gasteiger partial charge in [-0.15, -0.1) is 0 Å². The minimum absolute atomic E-state index is 0.586. The Kier molecular flexibility index (Phi) is 2.69. The Morgan fingerprint density at radius 2 is 2.17 bits per heavy atom. The second-order valence-electron chi connectivity index (χ2n) is 5.35. The van der Waals surface area contributed by atoms with Crippen LogP contribution in [0, 0.1) is 5.92 Å². The average molecular weight is 245 g/mol. The number of nitrogens with zero attached hydrogens (tertiary/aromatic N) is 5. The third kappa shape index (κ3) is 1.65. The van der Waals surface area contributed by atoms with E-state index in [2.05, 4.69) is 33.8 Å². The summed E-state index contributed by atoms with van der Waals surface area (Å²) < 4.78 is 1.81. The van der Waals surface area contributed by atoms with Gasteiger partial charge in [-0.25, -0.2) is 9.97 Å². The van der Waals surface area contributed by atoms with Crippen LogP contribution < -0.4 is 4.90 Å². The Hall–Kier alpha value is -1.65. The van der Waals surface area contributed by atoms with Crippen molar-refractivity contribution in [3.05, 3.63) is 12.5 Å². The molecule has 1 fully saturated rings. The van der Waals surface area contributed by atoms with Crippen molar-refractivity contribution in [2.45, 2.75) is 32.7 Å². The van der Waals surface area contributed by atoms with E-state index in [-0.39, 0.29) is 0 Å². The van der Waals surface area contributed by atoms with Crippen molar-refractivity contribution in [2.75, 3.05) is 11.4 Å². The first-order valence-electron chi connectivity index (χ1n) is 6.58. The molecule has 0 saturated carbocycles. The van der Waals surface area contributed by atoms with Crippen LogP contribution in [-0.2, 0) is 7.05 Å². The van der Waals surface area contributed by atoms with Gasteiger partial charge < -0.3 is 4.90 Å². The molecule has 1 saturated heterocycles. The van der Waals surface area contributed by atoms with Gasteiger partial charge in [0.2, 0.25) is 0 Å². The van der Waals surface area contributed by atoms with Crippen molar-refractivity contribution in [1.82, 2.24) is 19.7 Å². The molecule has 0 spiro atoms. The molecule has 1 atom stereocenters. The first-order chi connectivity index (χ1) is 8.68. The smallest absolute Gasteiger partial charge is 0.163 e. The Morgan fingerprint density at radius 1 is 1.33 bits per heavy atom. The van der Waals surface area contributed by atoms with E-state index < -0.39 is 0 Å². The standard InChI is InChI=1S/C13H19N5/c1-9(2)11-5-4-6-18(11)13-10-7-16-17(3)12(10)14-8-15-13/h7-9,11H,4-6H2,1-3H3/t11-/m1/s1. The summed E-state index contributed by atoms with van der Waals surface area (Å²) in [5.74, 6) is 1.69. The molecule has 0 unspecified atom stereocenters. The highest BCUT2D eigenvalue weighted by Gasteiger charge is 2.29. The lowest BCUT2D eigenvalue weighted by atomic mass is 10.0. The number of hydrogen-bond donors (Lipinski definition) is 0. The summed E-state index contributed by atoms with van der Waals surface area (Å²) in [5.41, 5.74) is 0.911. The van der Waals surface area contributed by atoms with Crippen LogP contribution in [0.2, 0.25) is 0 Å². The van der Waals surface area contributed by atoms with E-state index in [4.69, 9.17) is 0 Å². The summed E-state index contributed by atoms with van der Waals surface area (Å²) in [6.07, 6.45) is 6.02. The molecule has 3 rings (SSSR count). The molecule has 0 amide bonds. The quantitative estimate of drug-likeness (QED) is 0.811. The van der Waals surface area contributed by atoms with Crippen LogP contribution in [0.25, 0.3) is 11.0 Å². The lowest BCUT2D eigenvalue weighted by Gasteiger charge is -2.28. The van der Waals surface area contributed by atoms with E-state index in [0.717, 1.165) is 23.4 Å². The van der Waals surface area contributed by atoms with Gasteiger partial charge in [-0.1, -0.05) is 13.8 Å². The van der Waals surface area contributed by atoms with Gasteiger partial charge >= 0.3 is 0 Å². The number of aryl methyl sites for hydroxylation is 1. The molecular weight excluding hydrogens is 226 g/mol. The summed E-state index contributed by atoms with van der Waals surface area (Å²) in [7, 11) is 1.92. The number of fused-ring (bicyclic) bond motifs is 1. The van der Waals surface area contributed by atoms with Gasteiger partial charge in [0.25, 0.3) is 0 Å². The summed E-state index contributed by atoms with van der Waals surface area (Å²) in [4.78, 5) is 11.2. The fourth-order valence-electron chi connectivity index (χ4n) is 2.93. The lowest BCUT2D eigenvalue weighted by Crippen LogP contribution is -2.34. The van der Waals surface area contributed by atoms with Crippen LogP contribution in [0.5, 0.6) is 0 Å².